The lowest BCUT2D eigenvalue weighted by atomic mass is 10.2. The Hall–Kier alpha value is -3.35. The SMILES string of the molecule is CCCCC(=O)Nc1ccc(C(=O)N/N=C/c2cccc(OC)c2O)cc1. The number of para-hydroxylation sites is 1. The van der Waals surface area contributed by atoms with Crippen LogP contribution in [0.5, 0.6) is 11.5 Å². The highest BCUT2D eigenvalue weighted by Gasteiger charge is 2.07. The minimum Gasteiger partial charge on any atom is -0.504 e. The molecule has 0 aromatic heterocycles. The summed E-state index contributed by atoms with van der Waals surface area (Å²) >= 11 is 0. The first-order valence-electron chi connectivity index (χ1n) is 8.64. The number of carbonyl (C=O) groups is 2. The van der Waals surface area contributed by atoms with E-state index in [0.717, 1.165) is 12.8 Å². The van der Waals surface area contributed by atoms with Crippen molar-refractivity contribution in [3.05, 3.63) is 53.6 Å². The fourth-order valence-electron chi connectivity index (χ4n) is 2.30. The van der Waals surface area contributed by atoms with Gasteiger partial charge in [-0.15, -0.1) is 0 Å². The standard InChI is InChI=1S/C20H23N3O4/c1-3-4-8-18(24)22-16-11-9-14(10-12-16)20(26)23-21-13-15-6-5-7-17(27-2)19(15)25/h5-7,9-13,25H,3-4,8H2,1-2H3,(H,22,24)(H,23,26)/b21-13+. The molecular weight excluding hydrogens is 346 g/mol. The number of aromatic hydroxyl groups is 1. The van der Waals surface area contributed by atoms with Crippen molar-refractivity contribution in [3.63, 3.8) is 0 Å². The van der Waals surface area contributed by atoms with Crippen molar-refractivity contribution in [1.29, 1.82) is 0 Å². The summed E-state index contributed by atoms with van der Waals surface area (Å²) in [4.78, 5) is 23.8. The Labute approximate surface area is 158 Å². The van der Waals surface area contributed by atoms with Crippen LogP contribution in [-0.2, 0) is 4.79 Å². The van der Waals surface area contributed by atoms with Crippen molar-refractivity contribution >= 4 is 23.7 Å². The summed E-state index contributed by atoms with van der Waals surface area (Å²) in [6.45, 7) is 2.03. The molecule has 2 amide bonds. The third kappa shape index (κ3) is 5.85. The second-order valence-corrected chi connectivity index (χ2v) is 5.83. The molecule has 0 atom stereocenters. The zero-order chi connectivity index (χ0) is 19.6. The number of rotatable bonds is 8. The topological polar surface area (TPSA) is 100 Å². The highest BCUT2D eigenvalue weighted by molar-refractivity contribution is 5.96. The van der Waals surface area contributed by atoms with Crippen LogP contribution in [0.15, 0.2) is 47.6 Å². The highest BCUT2D eigenvalue weighted by Crippen LogP contribution is 2.27. The van der Waals surface area contributed by atoms with E-state index in [1.165, 1.54) is 13.3 Å². The maximum Gasteiger partial charge on any atom is 0.271 e. The zero-order valence-electron chi connectivity index (χ0n) is 15.4. The van der Waals surface area contributed by atoms with Gasteiger partial charge in [0.25, 0.3) is 5.91 Å². The first kappa shape index (κ1) is 20.0. The van der Waals surface area contributed by atoms with Gasteiger partial charge in [0.1, 0.15) is 0 Å². The smallest absolute Gasteiger partial charge is 0.271 e. The second-order valence-electron chi connectivity index (χ2n) is 5.83. The van der Waals surface area contributed by atoms with Gasteiger partial charge in [-0.05, 0) is 42.8 Å². The minimum absolute atomic E-state index is 0.0447. The van der Waals surface area contributed by atoms with Crippen molar-refractivity contribution in [1.82, 2.24) is 5.43 Å². The monoisotopic (exact) mass is 369 g/mol. The van der Waals surface area contributed by atoms with E-state index in [1.54, 1.807) is 42.5 Å². The number of benzene rings is 2. The molecule has 27 heavy (non-hydrogen) atoms. The van der Waals surface area contributed by atoms with Crippen molar-refractivity contribution in [2.75, 3.05) is 12.4 Å². The number of phenols is 1. The number of ether oxygens (including phenoxy) is 1. The molecule has 0 aliphatic heterocycles. The Morgan fingerprint density at radius 3 is 2.59 bits per heavy atom. The number of hydrogen-bond donors (Lipinski definition) is 3. The molecule has 0 aliphatic rings. The molecule has 7 nitrogen and oxygen atoms in total. The molecule has 0 spiro atoms. The molecule has 0 unspecified atom stereocenters. The number of nitrogens with zero attached hydrogens (tertiary/aromatic N) is 1. The quantitative estimate of drug-likeness (QED) is 0.491. The molecule has 2 aromatic rings. The van der Waals surface area contributed by atoms with E-state index >= 15 is 0 Å². The Bertz CT molecular complexity index is 816. The molecule has 0 saturated heterocycles. The summed E-state index contributed by atoms with van der Waals surface area (Å²) in [5.41, 5.74) is 3.84. The summed E-state index contributed by atoms with van der Waals surface area (Å²) in [5, 5.41) is 16.6. The van der Waals surface area contributed by atoms with Gasteiger partial charge < -0.3 is 15.2 Å². The number of carbonyl (C=O) groups excluding carboxylic acids is 2. The maximum absolute atomic E-state index is 12.1. The zero-order valence-corrected chi connectivity index (χ0v) is 15.4. The van der Waals surface area contributed by atoms with Gasteiger partial charge in [-0.1, -0.05) is 19.4 Å². The predicted octanol–water partition coefficient (Wildman–Crippen LogP) is 3.29. The third-order valence-electron chi connectivity index (χ3n) is 3.81. The molecule has 0 bridgehead atoms. The normalized spacial score (nSPS) is 10.6. The van der Waals surface area contributed by atoms with Crippen LogP contribution in [0.2, 0.25) is 0 Å². The Morgan fingerprint density at radius 1 is 1.19 bits per heavy atom. The number of unbranched alkanes of at least 4 members (excludes halogenated alkanes) is 1. The Balaban J connectivity index is 1.93. The summed E-state index contributed by atoms with van der Waals surface area (Å²) in [6, 6.07) is 11.5. The molecular formula is C20H23N3O4. The minimum atomic E-state index is -0.405. The van der Waals surface area contributed by atoms with Crippen molar-refractivity contribution in [2.24, 2.45) is 5.10 Å². The van der Waals surface area contributed by atoms with Crippen LogP contribution in [0.3, 0.4) is 0 Å². The van der Waals surface area contributed by atoms with E-state index < -0.39 is 5.91 Å². The third-order valence-corrected chi connectivity index (χ3v) is 3.81. The van der Waals surface area contributed by atoms with Gasteiger partial charge in [-0.2, -0.15) is 5.10 Å². The van der Waals surface area contributed by atoms with Crippen molar-refractivity contribution in [3.8, 4) is 11.5 Å². The molecule has 0 aliphatic carbocycles. The van der Waals surface area contributed by atoms with Crippen LogP contribution in [0.25, 0.3) is 0 Å². The number of methoxy groups -OCH3 is 1. The summed E-state index contributed by atoms with van der Waals surface area (Å²) in [7, 11) is 1.45. The average Bonchev–Trinajstić information content (AvgIpc) is 2.68. The molecule has 0 saturated carbocycles. The molecule has 7 heteroatoms. The van der Waals surface area contributed by atoms with E-state index in [0.29, 0.717) is 29.0 Å². The summed E-state index contributed by atoms with van der Waals surface area (Å²) < 4.78 is 5.01. The van der Waals surface area contributed by atoms with Crippen molar-refractivity contribution < 1.29 is 19.4 Å². The van der Waals surface area contributed by atoms with E-state index in [2.05, 4.69) is 15.8 Å². The van der Waals surface area contributed by atoms with Gasteiger partial charge in [-0.3, -0.25) is 9.59 Å². The number of hydrazone groups is 1. The molecule has 142 valence electrons. The van der Waals surface area contributed by atoms with Gasteiger partial charge in [0.15, 0.2) is 11.5 Å². The van der Waals surface area contributed by atoms with Gasteiger partial charge in [0.05, 0.1) is 13.3 Å². The average molecular weight is 369 g/mol. The van der Waals surface area contributed by atoms with Crippen LogP contribution in [0.4, 0.5) is 5.69 Å². The van der Waals surface area contributed by atoms with Crippen LogP contribution in [-0.4, -0.2) is 30.2 Å². The predicted molar refractivity (Wildman–Crippen MR) is 104 cm³/mol. The largest absolute Gasteiger partial charge is 0.504 e. The number of amides is 2. The van der Waals surface area contributed by atoms with Crippen LogP contribution in [0, 0.1) is 0 Å². The maximum atomic E-state index is 12.1. The lowest BCUT2D eigenvalue weighted by Gasteiger charge is -2.06. The molecule has 0 radical (unpaired) electrons. The molecule has 3 N–H and O–H groups in total. The lowest BCUT2D eigenvalue weighted by Crippen LogP contribution is -2.17. The Kier molecular flexibility index (Phi) is 7.37. The number of nitrogens with one attached hydrogen (secondary N) is 2. The number of phenolic OH excluding ortho intramolecular Hbond substituents is 1. The molecule has 2 aromatic carbocycles. The summed E-state index contributed by atoms with van der Waals surface area (Å²) in [6.07, 6.45) is 3.61. The number of anilines is 1. The fraction of sp³-hybridized carbons (Fsp3) is 0.250. The number of hydrogen-bond acceptors (Lipinski definition) is 5. The molecule has 2 rings (SSSR count). The van der Waals surface area contributed by atoms with E-state index in [9.17, 15) is 14.7 Å². The first-order chi connectivity index (χ1) is 13.0. The highest BCUT2D eigenvalue weighted by atomic mass is 16.5. The van der Waals surface area contributed by atoms with Crippen LogP contribution < -0.4 is 15.5 Å². The van der Waals surface area contributed by atoms with E-state index in [-0.39, 0.29) is 11.7 Å². The molecule has 0 fully saturated rings. The van der Waals surface area contributed by atoms with E-state index in [4.69, 9.17) is 4.74 Å². The van der Waals surface area contributed by atoms with Crippen LogP contribution >= 0.6 is 0 Å². The molecule has 0 heterocycles. The van der Waals surface area contributed by atoms with Gasteiger partial charge in [0.2, 0.25) is 5.91 Å². The Morgan fingerprint density at radius 2 is 1.93 bits per heavy atom. The van der Waals surface area contributed by atoms with Gasteiger partial charge >= 0.3 is 0 Å². The van der Waals surface area contributed by atoms with Crippen LogP contribution in [0.1, 0.15) is 42.1 Å². The van der Waals surface area contributed by atoms with Gasteiger partial charge in [-0.25, -0.2) is 5.43 Å². The van der Waals surface area contributed by atoms with Crippen molar-refractivity contribution in [2.45, 2.75) is 26.2 Å². The van der Waals surface area contributed by atoms with Gasteiger partial charge in [0, 0.05) is 23.2 Å². The summed E-state index contributed by atoms with van der Waals surface area (Å²) in [5.74, 6) is -0.183. The fourth-order valence-corrected chi connectivity index (χ4v) is 2.30. The second kappa shape index (κ2) is 9.96. The first-order valence-corrected chi connectivity index (χ1v) is 8.64. The lowest BCUT2D eigenvalue weighted by molar-refractivity contribution is -0.116. The van der Waals surface area contributed by atoms with E-state index in [1.807, 2.05) is 6.92 Å².